The molecule has 0 unspecified atom stereocenters. The van der Waals surface area contributed by atoms with Gasteiger partial charge >= 0.3 is 0 Å². The normalized spacial score (nSPS) is 19.3. The van der Waals surface area contributed by atoms with E-state index in [1.807, 2.05) is 35.7 Å². The lowest BCUT2D eigenvalue weighted by molar-refractivity contribution is -0.129. The fourth-order valence-corrected chi connectivity index (χ4v) is 4.82. The van der Waals surface area contributed by atoms with Gasteiger partial charge in [0.25, 0.3) is 0 Å². The summed E-state index contributed by atoms with van der Waals surface area (Å²) in [4.78, 5) is 12.9. The van der Waals surface area contributed by atoms with Crippen molar-refractivity contribution in [3.05, 3.63) is 18.5 Å². The van der Waals surface area contributed by atoms with Gasteiger partial charge in [0.05, 0.1) is 5.75 Å². The van der Waals surface area contributed by atoms with Gasteiger partial charge in [-0.1, -0.05) is 0 Å². The van der Waals surface area contributed by atoms with Crippen molar-refractivity contribution < 1.29 is 13.2 Å². The molecule has 27 heavy (non-hydrogen) atoms. The summed E-state index contributed by atoms with van der Waals surface area (Å²) in [5, 5.41) is 4.03. The van der Waals surface area contributed by atoms with Crippen LogP contribution in [0, 0.1) is 0 Å². The number of sulfonamides is 1. The van der Waals surface area contributed by atoms with E-state index in [4.69, 9.17) is 0 Å². The van der Waals surface area contributed by atoms with Crippen LogP contribution in [0.25, 0.3) is 0 Å². The van der Waals surface area contributed by atoms with E-state index in [0.29, 0.717) is 30.3 Å². The first-order valence-electron chi connectivity index (χ1n) is 9.84. The molecule has 2 saturated heterocycles. The first-order valence-corrected chi connectivity index (χ1v) is 11.4. The first kappa shape index (κ1) is 23.6. The summed E-state index contributed by atoms with van der Waals surface area (Å²) < 4.78 is 25.7. The highest BCUT2D eigenvalue weighted by Crippen LogP contribution is 2.16. The minimum atomic E-state index is -2.85. The van der Waals surface area contributed by atoms with Crippen molar-refractivity contribution in [3.63, 3.8) is 0 Å². The Bertz CT molecular complexity index is 655. The summed E-state index contributed by atoms with van der Waals surface area (Å²) in [5.74, 6) is 0.663. The van der Waals surface area contributed by atoms with Gasteiger partial charge in [-0.05, 0) is 60.5 Å². The number of amides is 1. The molecule has 1 aromatic rings. The maximum atomic E-state index is 11.1. The van der Waals surface area contributed by atoms with Crippen LogP contribution in [0.4, 0.5) is 0 Å². The highest BCUT2D eigenvalue weighted by Gasteiger charge is 2.29. The molecule has 2 aliphatic heterocycles. The zero-order valence-electron chi connectivity index (χ0n) is 17.6. The maximum absolute atomic E-state index is 11.1. The van der Waals surface area contributed by atoms with Crippen LogP contribution in [0.2, 0.25) is 0 Å². The van der Waals surface area contributed by atoms with Crippen molar-refractivity contribution in [2.24, 2.45) is 0 Å². The number of aromatic nitrogens is 2. The van der Waals surface area contributed by atoms with E-state index >= 15 is 0 Å². The molecule has 1 amide bonds. The summed E-state index contributed by atoms with van der Waals surface area (Å²) in [6.07, 6.45) is 6.36. The highest BCUT2D eigenvalue weighted by atomic mass is 32.2. The lowest BCUT2D eigenvalue weighted by Crippen LogP contribution is -2.32. The Balaban J connectivity index is 0.000000204. The molecule has 3 heterocycles. The molecule has 156 valence electrons. The van der Waals surface area contributed by atoms with E-state index in [2.05, 4.69) is 32.8 Å². The van der Waals surface area contributed by atoms with Crippen LogP contribution in [0.5, 0.6) is 0 Å². The Hall–Kier alpha value is -1.41. The molecular weight excluding hydrogens is 364 g/mol. The standard InChI is InChI=1S/C7H13NO.C6H10N2.C6H13NO2S/c1-6(2)8-5-3-4-7(8)9;1-6(2)8-5-3-4-7-8;1-6(2)7-4-3-5-10(7,8)9/h6H,3-5H2,1-2H3;3-6H,1-2H3;6H,3-5H2,1-2H3. The minimum absolute atomic E-state index is 0.132. The van der Waals surface area contributed by atoms with Crippen LogP contribution < -0.4 is 0 Å². The number of likely N-dealkylation sites (tertiary alicyclic amines) is 1. The molecule has 3 rings (SSSR count). The maximum Gasteiger partial charge on any atom is 0.222 e. The molecule has 8 heteroatoms. The molecule has 0 aromatic carbocycles. The molecule has 1 aromatic heterocycles. The predicted octanol–water partition coefficient (Wildman–Crippen LogP) is 2.91. The predicted molar refractivity (Wildman–Crippen MR) is 109 cm³/mol. The van der Waals surface area contributed by atoms with Gasteiger partial charge < -0.3 is 4.90 Å². The minimum Gasteiger partial charge on any atom is -0.340 e. The van der Waals surface area contributed by atoms with Gasteiger partial charge in [-0.2, -0.15) is 9.40 Å². The first-order chi connectivity index (χ1) is 12.6. The molecule has 0 radical (unpaired) electrons. The molecule has 0 bridgehead atoms. The van der Waals surface area contributed by atoms with E-state index in [-0.39, 0.29) is 6.04 Å². The third kappa shape index (κ3) is 7.62. The Morgan fingerprint density at radius 3 is 1.85 bits per heavy atom. The van der Waals surface area contributed by atoms with E-state index < -0.39 is 10.0 Å². The summed E-state index contributed by atoms with van der Waals surface area (Å²) in [6.45, 7) is 13.8. The molecule has 0 saturated carbocycles. The molecular formula is C19H36N4O3S. The zero-order valence-corrected chi connectivity index (χ0v) is 18.4. The molecule has 0 atom stereocenters. The van der Waals surface area contributed by atoms with Crippen LogP contribution in [-0.4, -0.2) is 64.2 Å². The second-order valence-electron chi connectivity index (χ2n) is 7.74. The quantitative estimate of drug-likeness (QED) is 0.782. The van der Waals surface area contributed by atoms with Gasteiger partial charge in [0, 0.05) is 50.0 Å². The van der Waals surface area contributed by atoms with E-state index in [1.54, 1.807) is 10.5 Å². The SMILES string of the molecule is CC(C)N1CCCC1=O.CC(C)N1CCCS1(=O)=O.CC(C)n1cccn1. The highest BCUT2D eigenvalue weighted by molar-refractivity contribution is 7.89. The van der Waals surface area contributed by atoms with Crippen LogP contribution in [0.1, 0.15) is 66.8 Å². The Labute approximate surface area is 164 Å². The van der Waals surface area contributed by atoms with E-state index in [9.17, 15) is 13.2 Å². The van der Waals surface area contributed by atoms with Crippen molar-refractivity contribution in [1.82, 2.24) is 19.0 Å². The van der Waals surface area contributed by atoms with Gasteiger partial charge in [-0.25, -0.2) is 8.42 Å². The smallest absolute Gasteiger partial charge is 0.222 e. The third-order valence-electron chi connectivity index (χ3n) is 4.50. The number of hydrogen-bond donors (Lipinski definition) is 0. The number of rotatable bonds is 3. The largest absolute Gasteiger partial charge is 0.340 e. The summed E-state index contributed by atoms with van der Waals surface area (Å²) in [6, 6.07) is 2.96. The molecule has 0 N–H and O–H groups in total. The molecule has 2 fully saturated rings. The summed E-state index contributed by atoms with van der Waals surface area (Å²) in [7, 11) is -2.85. The van der Waals surface area contributed by atoms with Crippen molar-refractivity contribution in [3.8, 4) is 0 Å². The van der Waals surface area contributed by atoms with Crippen LogP contribution >= 0.6 is 0 Å². The summed E-state index contributed by atoms with van der Waals surface area (Å²) >= 11 is 0. The van der Waals surface area contributed by atoms with Crippen molar-refractivity contribution in [1.29, 1.82) is 0 Å². The molecule has 2 aliphatic rings. The van der Waals surface area contributed by atoms with E-state index in [1.165, 1.54) is 0 Å². The second kappa shape index (κ2) is 10.8. The molecule has 0 aliphatic carbocycles. The number of nitrogens with zero attached hydrogens (tertiary/aromatic N) is 4. The van der Waals surface area contributed by atoms with Crippen molar-refractivity contribution in [2.45, 2.75) is 78.9 Å². The van der Waals surface area contributed by atoms with Gasteiger partial charge in [0.15, 0.2) is 0 Å². The number of carbonyl (C=O) groups excluding carboxylic acids is 1. The number of carbonyl (C=O) groups is 1. The van der Waals surface area contributed by atoms with Crippen molar-refractivity contribution >= 4 is 15.9 Å². The average Bonchev–Trinajstić information content (AvgIpc) is 3.28. The average molecular weight is 401 g/mol. The lowest BCUT2D eigenvalue weighted by Gasteiger charge is -2.19. The van der Waals surface area contributed by atoms with Gasteiger partial charge in [-0.3, -0.25) is 9.48 Å². The van der Waals surface area contributed by atoms with Crippen molar-refractivity contribution in [2.75, 3.05) is 18.8 Å². The van der Waals surface area contributed by atoms with Gasteiger partial charge in [0.1, 0.15) is 0 Å². The summed E-state index contributed by atoms with van der Waals surface area (Å²) in [5.41, 5.74) is 0. The van der Waals surface area contributed by atoms with Gasteiger partial charge in [0.2, 0.25) is 15.9 Å². The zero-order chi connectivity index (χ0) is 20.6. The number of hydrogen-bond acceptors (Lipinski definition) is 4. The molecule has 0 spiro atoms. The fraction of sp³-hybridized carbons (Fsp3) is 0.789. The second-order valence-corrected chi connectivity index (χ2v) is 9.78. The third-order valence-corrected chi connectivity index (χ3v) is 6.62. The molecule has 7 nitrogen and oxygen atoms in total. The Morgan fingerprint density at radius 1 is 0.963 bits per heavy atom. The fourth-order valence-electron chi connectivity index (χ4n) is 3.04. The topological polar surface area (TPSA) is 75.5 Å². The van der Waals surface area contributed by atoms with E-state index in [0.717, 1.165) is 25.8 Å². The van der Waals surface area contributed by atoms with Crippen LogP contribution in [0.15, 0.2) is 18.5 Å². The Kier molecular flexibility index (Phi) is 9.45. The van der Waals surface area contributed by atoms with Crippen LogP contribution in [-0.2, 0) is 14.8 Å². The van der Waals surface area contributed by atoms with Gasteiger partial charge in [-0.15, -0.1) is 0 Å². The lowest BCUT2D eigenvalue weighted by atomic mass is 10.3. The van der Waals surface area contributed by atoms with Crippen LogP contribution in [0.3, 0.4) is 0 Å². The Morgan fingerprint density at radius 2 is 1.63 bits per heavy atom. The monoisotopic (exact) mass is 400 g/mol.